The van der Waals surface area contributed by atoms with Crippen LogP contribution in [0.15, 0.2) is 29.6 Å². The van der Waals surface area contributed by atoms with Gasteiger partial charge in [-0.2, -0.15) is 36.3 Å². The number of hydrogen-bond donors (Lipinski definition) is 1. The number of halogens is 6. The standard InChI is InChI=1S/C20H19F6N3O5S/c1-4-34-16(30)13-9-27-18(35(3)32)29-15(13)28-14(17(31)33-2)7-10-5-11(19(21,22)23)8-12(6-10)20(24,25)26/h5-6,8-9,14H,4,7H2,1-3H3,(H,27,28,29). The number of hydrogen-bond acceptors (Lipinski definition) is 8. The van der Waals surface area contributed by atoms with Crippen molar-refractivity contribution in [2.75, 3.05) is 25.3 Å². The highest BCUT2D eigenvalue weighted by molar-refractivity contribution is 7.90. The van der Waals surface area contributed by atoms with Crippen LogP contribution in [-0.4, -0.2) is 52.5 Å². The molecule has 35 heavy (non-hydrogen) atoms. The van der Waals surface area contributed by atoms with Crippen LogP contribution in [0.5, 0.6) is 0 Å². The third-order valence-corrected chi connectivity index (χ3v) is 5.11. The topological polar surface area (TPSA) is 113 Å². The number of anilines is 1. The zero-order valence-corrected chi connectivity index (χ0v) is 19.2. The van der Waals surface area contributed by atoms with Crippen molar-refractivity contribution in [1.29, 1.82) is 0 Å². The van der Waals surface area contributed by atoms with Crippen molar-refractivity contribution in [3.63, 3.8) is 0 Å². The summed E-state index contributed by atoms with van der Waals surface area (Å²) < 4.78 is 100. The van der Waals surface area contributed by atoms with Crippen molar-refractivity contribution in [2.45, 2.75) is 36.9 Å². The van der Waals surface area contributed by atoms with Gasteiger partial charge in [-0.1, -0.05) is 0 Å². The van der Waals surface area contributed by atoms with Crippen molar-refractivity contribution in [2.24, 2.45) is 0 Å². The van der Waals surface area contributed by atoms with Crippen LogP contribution in [0.2, 0.25) is 0 Å². The van der Waals surface area contributed by atoms with Gasteiger partial charge in [0.15, 0.2) is 0 Å². The third kappa shape index (κ3) is 7.45. The van der Waals surface area contributed by atoms with Gasteiger partial charge in [-0.05, 0) is 30.7 Å². The summed E-state index contributed by atoms with van der Waals surface area (Å²) in [5, 5.41) is 2.21. The molecule has 1 N–H and O–H groups in total. The second-order valence-electron chi connectivity index (χ2n) is 6.93. The predicted molar refractivity (Wildman–Crippen MR) is 110 cm³/mol. The van der Waals surface area contributed by atoms with Crippen LogP contribution in [0.1, 0.15) is 34.0 Å². The molecule has 0 saturated heterocycles. The van der Waals surface area contributed by atoms with Crippen molar-refractivity contribution in [3.05, 3.63) is 46.6 Å². The molecular formula is C20H19F6N3O5S. The van der Waals surface area contributed by atoms with Crippen LogP contribution in [0, 0.1) is 0 Å². The molecule has 2 aromatic rings. The summed E-state index contributed by atoms with van der Waals surface area (Å²) in [6.45, 7) is 1.45. The van der Waals surface area contributed by atoms with E-state index in [9.17, 15) is 40.5 Å². The van der Waals surface area contributed by atoms with Gasteiger partial charge < -0.3 is 19.3 Å². The minimum absolute atomic E-state index is 0.0454. The first-order valence-electron chi connectivity index (χ1n) is 9.67. The first-order valence-corrected chi connectivity index (χ1v) is 11.2. The van der Waals surface area contributed by atoms with Gasteiger partial charge in [-0.3, -0.25) is 0 Å². The van der Waals surface area contributed by atoms with Crippen LogP contribution >= 0.6 is 0 Å². The highest BCUT2D eigenvalue weighted by Crippen LogP contribution is 2.36. The number of methoxy groups -OCH3 is 1. The fraction of sp³-hybridized carbons (Fsp3) is 0.400. The summed E-state index contributed by atoms with van der Waals surface area (Å²) in [5.41, 5.74) is -3.94. The lowest BCUT2D eigenvalue weighted by Gasteiger charge is -2.20. The van der Waals surface area contributed by atoms with E-state index >= 15 is 0 Å². The van der Waals surface area contributed by atoms with Crippen molar-refractivity contribution in [3.8, 4) is 0 Å². The van der Waals surface area contributed by atoms with E-state index in [1.165, 1.54) is 13.2 Å². The highest BCUT2D eigenvalue weighted by Gasteiger charge is 2.37. The minimum Gasteiger partial charge on any atom is -0.609 e. The van der Waals surface area contributed by atoms with Gasteiger partial charge in [0.25, 0.3) is 0 Å². The molecular weight excluding hydrogens is 508 g/mol. The molecule has 192 valence electrons. The summed E-state index contributed by atoms with van der Waals surface area (Å²) in [5.74, 6) is -2.39. The Hall–Kier alpha value is -3.07. The van der Waals surface area contributed by atoms with E-state index in [1.54, 1.807) is 0 Å². The lowest BCUT2D eigenvalue weighted by molar-refractivity contribution is -0.143. The summed E-state index contributed by atoms with van der Waals surface area (Å²) in [7, 11) is 0.947. The first kappa shape index (κ1) is 28.2. The second kappa shape index (κ2) is 11.1. The Morgan fingerprint density at radius 1 is 1.11 bits per heavy atom. The summed E-state index contributed by atoms with van der Waals surface area (Å²) in [6.07, 6.45) is -8.70. The quantitative estimate of drug-likeness (QED) is 0.240. The minimum atomic E-state index is -5.09. The van der Waals surface area contributed by atoms with Crippen molar-refractivity contribution < 1.29 is 50.0 Å². The Morgan fingerprint density at radius 3 is 2.14 bits per heavy atom. The molecule has 0 aliphatic carbocycles. The number of carbonyl (C=O) groups is 2. The zero-order chi connectivity index (χ0) is 26.6. The Bertz CT molecular complexity index is 1050. The fourth-order valence-corrected chi connectivity index (χ4v) is 3.27. The molecule has 0 fully saturated rings. The molecule has 0 radical (unpaired) electrons. The summed E-state index contributed by atoms with van der Waals surface area (Å²) in [6, 6.07) is -0.709. The van der Waals surface area contributed by atoms with E-state index in [0.717, 1.165) is 13.3 Å². The second-order valence-corrected chi connectivity index (χ2v) is 8.20. The van der Waals surface area contributed by atoms with E-state index in [1.807, 2.05) is 0 Å². The molecule has 0 aliphatic heterocycles. The lowest BCUT2D eigenvalue weighted by atomic mass is 9.99. The molecule has 0 bridgehead atoms. The van der Waals surface area contributed by atoms with Crippen LogP contribution in [0.25, 0.3) is 0 Å². The molecule has 8 nitrogen and oxygen atoms in total. The van der Waals surface area contributed by atoms with Gasteiger partial charge in [-0.25, -0.2) is 9.59 Å². The molecule has 15 heteroatoms. The number of rotatable bonds is 8. The molecule has 1 aromatic carbocycles. The summed E-state index contributed by atoms with van der Waals surface area (Å²) in [4.78, 5) is 32.3. The number of benzene rings is 1. The summed E-state index contributed by atoms with van der Waals surface area (Å²) >= 11 is -1.74. The van der Waals surface area contributed by atoms with E-state index < -0.39 is 64.6 Å². The normalized spacial score (nSPS) is 13.7. The van der Waals surface area contributed by atoms with Crippen LogP contribution in [-0.2, 0) is 44.2 Å². The maximum atomic E-state index is 13.2. The average molecular weight is 527 g/mol. The van der Waals surface area contributed by atoms with Gasteiger partial charge in [0.05, 0.1) is 31.0 Å². The van der Waals surface area contributed by atoms with Gasteiger partial charge in [0.1, 0.15) is 23.7 Å². The van der Waals surface area contributed by atoms with Gasteiger partial charge >= 0.3 is 29.4 Å². The number of aromatic nitrogens is 2. The molecule has 2 rings (SSSR count). The van der Waals surface area contributed by atoms with Crippen molar-refractivity contribution in [1.82, 2.24) is 9.97 Å². The van der Waals surface area contributed by atoms with Crippen LogP contribution in [0.3, 0.4) is 0 Å². The van der Waals surface area contributed by atoms with Gasteiger partial charge in [-0.15, -0.1) is 0 Å². The smallest absolute Gasteiger partial charge is 0.416 e. The van der Waals surface area contributed by atoms with Gasteiger partial charge in [0, 0.05) is 17.6 Å². The van der Waals surface area contributed by atoms with Gasteiger partial charge in [0.2, 0.25) is 0 Å². The Labute approximate surface area is 198 Å². The molecule has 2 unspecified atom stereocenters. The SMILES string of the molecule is CCOC(=O)c1cnc([S+](C)[O-])nc1NC(Cc1cc(C(F)(F)F)cc(C(F)(F)F)c1)C(=O)OC. The molecule has 0 spiro atoms. The molecule has 1 aromatic heterocycles. The number of nitrogens with zero attached hydrogens (tertiary/aromatic N) is 2. The molecule has 0 amide bonds. The highest BCUT2D eigenvalue weighted by atomic mass is 32.2. The predicted octanol–water partition coefficient (Wildman–Crippen LogP) is 3.62. The maximum Gasteiger partial charge on any atom is 0.416 e. The monoisotopic (exact) mass is 527 g/mol. The van der Waals surface area contributed by atoms with Crippen molar-refractivity contribution >= 4 is 28.9 Å². The Morgan fingerprint density at radius 2 is 1.69 bits per heavy atom. The van der Waals surface area contributed by atoms with E-state index in [-0.39, 0.29) is 29.2 Å². The Kier molecular flexibility index (Phi) is 8.94. The lowest BCUT2D eigenvalue weighted by Crippen LogP contribution is -2.34. The average Bonchev–Trinajstić information content (AvgIpc) is 2.76. The molecule has 0 aliphatic rings. The number of alkyl halides is 6. The first-order chi connectivity index (χ1) is 16.2. The number of ether oxygens (including phenoxy) is 2. The number of carbonyl (C=O) groups excluding carboxylic acids is 2. The van der Waals surface area contributed by atoms with Crippen LogP contribution in [0.4, 0.5) is 32.2 Å². The molecule has 1 heterocycles. The van der Waals surface area contributed by atoms with Crippen LogP contribution < -0.4 is 5.32 Å². The molecule has 0 saturated carbocycles. The fourth-order valence-electron chi connectivity index (χ4n) is 2.85. The third-order valence-electron chi connectivity index (χ3n) is 4.40. The van der Waals surface area contributed by atoms with E-state index in [2.05, 4.69) is 20.0 Å². The van der Waals surface area contributed by atoms with E-state index in [0.29, 0.717) is 12.1 Å². The largest absolute Gasteiger partial charge is 0.609 e. The van der Waals surface area contributed by atoms with E-state index in [4.69, 9.17) is 4.74 Å². The maximum absolute atomic E-state index is 13.2. The number of nitrogens with one attached hydrogen (secondary N) is 1. The zero-order valence-electron chi connectivity index (χ0n) is 18.4. The molecule has 2 atom stereocenters. The number of esters is 2. The Balaban J connectivity index is 2.55.